The molecule has 0 unspecified atom stereocenters. The van der Waals surface area contributed by atoms with E-state index in [1.165, 1.54) is 84.6 Å². The van der Waals surface area contributed by atoms with E-state index in [0.717, 1.165) is 13.0 Å². The zero-order valence-electron chi connectivity index (χ0n) is 17.9. The van der Waals surface area contributed by atoms with Crippen molar-refractivity contribution < 1.29 is 3.07 Å². The van der Waals surface area contributed by atoms with Crippen LogP contribution in [-0.2, 0) is 8.49 Å². The summed E-state index contributed by atoms with van der Waals surface area (Å²) in [5.41, 5.74) is 4.09. The molecular weight excluding hydrogens is 471 g/mol. The third-order valence-electron chi connectivity index (χ3n) is 6.10. The van der Waals surface area contributed by atoms with Crippen LogP contribution in [0.15, 0.2) is 91.0 Å². The fraction of sp³-hybridized carbons (Fsp3) is 0.357. The van der Waals surface area contributed by atoms with Crippen LogP contribution >= 0.6 is 0 Å². The number of benzene rings is 3. The van der Waals surface area contributed by atoms with E-state index < -0.39 is 0 Å². The number of hydrogen-bond donors (Lipinski definition) is 0. The molecule has 0 heterocycles. The van der Waals surface area contributed by atoms with Crippen molar-refractivity contribution in [2.75, 3.05) is 6.61 Å². The van der Waals surface area contributed by atoms with Gasteiger partial charge in [0.1, 0.15) is 0 Å². The van der Waals surface area contributed by atoms with Crippen molar-refractivity contribution in [2.24, 2.45) is 0 Å². The summed E-state index contributed by atoms with van der Waals surface area (Å²) >= 11 is 1.20. The van der Waals surface area contributed by atoms with E-state index in [4.69, 9.17) is 3.07 Å². The summed E-state index contributed by atoms with van der Waals surface area (Å²) in [4.78, 5) is 0. The smallest absolute Gasteiger partial charge is 0.0622 e. The van der Waals surface area contributed by atoms with Gasteiger partial charge in [0.25, 0.3) is 0 Å². The third-order valence-corrected chi connectivity index (χ3v) is 6.68. The normalized spacial score (nSPS) is 11.5. The van der Waals surface area contributed by atoms with Crippen LogP contribution in [0.2, 0.25) is 0 Å². The molecule has 30 heavy (non-hydrogen) atoms. The predicted octanol–water partition coefficient (Wildman–Crippen LogP) is 7.24. The molecule has 155 valence electrons. The van der Waals surface area contributed by atoms with Crippen LogP contribution in [0.25, 0.3) is 0 Å². The standard InChI is InChI=1S/C28H33O.Sn/c29-24-16-5-3-1-2-4-15-23-28(25-17-9-6-10-18-25,26-19-11-7-12-20-26)27-21-13-8-14-22-27;/h6-14,17-22H,1-5,15-16,23-24H2;/q-1;+1. The van der Waals surface area contributed by atoms with E-state index in [9.17, 15) is 0 Å². The summed E-state index contributed by atoms with van der Waals surface area (Å²) in [6.07, 6.45) is 10.2. The Morgan fingerprint density at radius 1 is 0.500 bits per heavy atom. The van der Waals surface area contributed by atoms with E-state index >= 15 is 0 Å². The van der Waals surface area contributed by atoms with Gasteiger partial charge >= 0.3 is 106 Å². The number of unbranched alkanes of at least 4 members (excludes halogenated alkanes) is 6. The molecule has 2 heteroatoms. The van der Waals surface area contributed by atoms with Gasteiger partial charge in [-0.1, -0.05) is 91.0 Å². The first-order valence-electron chi connectivity index (χ1n) is 11.3. The summed E-state index contributed by atoms with van der Waals surface area (Å²) in [7, 11) is 0. The van der Waals surface area contributed by atoms with Crippen LogP contribution in [-0.4, -0.2) is 29.5 Å². The minimum atomic E-state index is -0.0925. The van der Waals surface area contributed by atoms with Gasteiger partial charge in [0, 0.05) is 0 Å². The van der Waals surface area contributed by atoms with E-state index in [-0.39, 0.29) is 5.41 Å². The molecule has 3 aromatic rings. The molecule has 0 aromatic heterocycles. The molecule has 0 aliphatic carbocycles. The maximum atomic E-state index is 5.24. The summed E-state index contributed by atoms with van der Waals surface area (Å²) in [5, 5.41) is 0. The topological polar surface area (TPSA) is 9.23 Å². The second-order valence-electron chi connectivity index (χ2n) is 8.08. The molecular formula is C28H33OSn. The van der Waals surface area contributed by atoms with Crippen LogP contribution in [0.4, 0.5) is 0 Å². The van der Waals surface area contributed by atoms with E-state index in [1.54, 1.807) is 0 Å². The molecule has 3 radical (unpaired) electrons. The third kappa shape index (κ3) is 6.21. The van der Waals surface area contributed by atoms with Crippen LogP contribution in [0.5, 0.6) is 0 Å². The van der Waals surface area contributed by atoms with Gasteiger partial charge in [0.05, 0.1) is 0 Å². The van der Waals surface area contributed by atoms with Gasteiger partial charge in [-0.05, 0) is 0 Å². The van der Waals surface area contributed by atoms with Gasteiger partial charge in [-0.3, -0.25) is 0 Å². The number of hydrogen-bond acceptors (Lipinski definition) is 1. The Labute approximate surface area is 196 Å². The van der Waals surface area contributed by atoms with Crippen LogP contribution in [0, 0.1) is 0 Å². The molecule has 3 aromatic carbocycles. The Balaban J connectivity index is 1.77. The van der Waals surface area contributed by atoms with Gasteiger partial charge in [-0.25, -0.2) is 0 Å². The van der Waals surface area contributed by atoms with Crippen molar-refractivity contribution in [3.63, 3.8) is 0 Å². The summed E-state index contributed by atoms with van der Waals surface area (Å²) in [6, 6.07) is 33.2. The Bertz CT molecular complexity index is 720. The van der Waals surface area contributed by atoms with Crippen LogP contribution in [0.1, 0.15) is 68.1 Å². The SMILES string of the molecule is [Sn][O]CCCCCCCCCC(c1ccccc1)(c1ccccc1)c1ccccc1. The molecule has 0 atom stereocenters. The zero-order chi connectivity index (χ0) is 20.9. The number of rotatable bonds is 13. The second-order valence-corrected chi connectivity index (χ2v) is 8.90. The first kappa shape index (κ1) is 23.1. The molecule has 0 aliphatic rings. The van der Waals surface area contributed by atoms with Crippen molar-refractivity contribution in [1.29, 1.82) is 0 Å². The Morgan fingerprint density at radius 2 is 0.867 bits per heavy atom. The second kappa shape index (κ2) is 13.0. The molecule has 0 N–H and O–H groups in total. The molecule has 0 amide bonds. The monoisotopic (exact) mass is 505 g/mol. The Hall–Kier alpha value is -1.58. The molecule has 0 saturated carbocycles. The fourth-order valence-corrected chi connectivity index (χ4v) is 4.96. The Morgan fingerprint density at radius 3 is 1.27 bits per heavy atom. The van der Waals surface area contributed by atoms with Gasteiger partial charge < -0.3 is 0 Å². The van der Waals surface area contributed by atoms with E-state index in [2.05, 4.69) is 91.0 Å². The molecule has 0 saturated heterocycles. The maximum absolute atomic E-state index is 5.24. The minimum absolute atomic E-state index is 0.0925. The van der Waals surface area contributed by atoms with E-state index in [0.29, 0.717) is 0 Å². The molecule has 0 bridgehead atoms. The van der Waals surface area contributed by atoms with Crippen molar-refractivity contribution in [3.8, 4) is 0 Å². The Kier molecular flexibility index (Phi) is 9.98. The quantitative estimate of drug-likeness (QED) is 0.136. The van der Waals surface area contributed by atoms with Gasteiger partial charge in [-0.15, -0.1) is 0 Å². The molecule has 0 spiro atoms. The van der Waals surface area contributed by atoms with Gasteiger partial charge in [0.2, 0.25) is 0 Å². The van der Waals surface area contributed by atoms with Crippen molar-refractivity contribution in [1.82, 2.24) is 0 Å². The first-order valence-corrected chi connectivity index (χ1v) is 12.5. The summed E-state index contributed by atoms with van der Waals surface area (Å²) in [5.74, 6) is 0. The summed E-state index contributed by atoms with van der Waals surface area (Å²) in [6.45, 7) is 0.937. The molecule has 1 nitrogen and oxygen atoms in total. The van der Waals surface area contributed by atoms with Crippen LogP contribution in [0.3, 0.4) is 0 Å². The average molecular weight is 504 g/mol. The average Bonchev–Trinajstić information content (AvgIpc) is 2.82. The van der Waals surface area contributed by atoms with Crippen molar-refractivity contribution in [2.45, 2.75) is 56.8 Å². The molecule has 3 rings (SSSR count). The van der Waals surface area contributed by atoms with Gasteiger partial charge in [0.15, 0.2) is 0 Å². The molecule has 0 fully saturated rings. The van der Waals surface area contributed by atoms with Gasteiger partial charge in [-0.2, -0.15) is 0 Å². The fourth-order valence-electron chi connectivity index (χ4n) is 4.55. The van der Waals surface area contributed by atoms with E-state index in [1.807, 2.05) is 0 Å². The predicted molar refractivity (Wildman–Crippen MR) is 128 cm³/mol. The summed E-state index contributed by atoms with van der Waals surface area (Å²) < 4.78 is 5.24. The van der Waals surface area contributed by atoms with Crippen molar-refractivity contribution >= 4 is 22.9 Å². The van der Waals surface area contributed by atoms with Crippen LogP contribution < -0.4 is 0 Å². The molecule has 0 aliphatic heterocycles. The zero-order valence-corrected chi connectivity index (χ0v) is 20.8. The first-order chi connectivity index (χ1) is 14.9. The minimum Gasteiger partial charge on any atom is -0.0622 e. The van der Waals surface area contributed by atoms with Crippen molar-refractivity contribution in [3.05, 3.63) is 108 Å².